The van der Waals surface area contributed by atoms with Crippen LogP contribution in [0.15, 0.2) is 42.5 Å². The van der Waals surface area contributed by atoms with Crippen LogP contribution in [-0.2, 0) is 11.2 Å². The van der Waals surface area contributed by atoms with Crippen molar-refractivity contribution in [3.8, 4) is 5.75 Å². The molecule has 0 aromatic heterocycles. The molecule has 122 valence electrons. The van der Waals surface area contributed by atoms with Crippen molar-refractivity contribution in [3.05, 3.63) is 64.4 Å². The largest absolute Gasteiger partial charge is 0.494 e. The fourth-order valence-electron chi connectivity index (χ4n) is 2.30. The Labute approximate surface area is 140 Å². The second kappa shape index (κ2) is 7.97. The number of aryl methyl sites for hydroxylation is 1. The summed E-state index contributed by atoms with van der Waals surface area (Å²) in [5.41, 5.74) is 1.63. The molecule has 0 aliphatic heterocycles. The van der Waals surface area contributed by atoms with Crippen molar-refractivity contribution < 1.29 is 13.9 Å². The molecule has 0 bridgehead atoms. The molecular weight excluding hydrogens is 317 g/mol. The molecule has 5 heteroatoms. The van der Waals surface area contributed by atoms with Crippen molar-refractivity contribution in [2.75, 3.05) is 7.11 Å². The smallest absolute Gasteiger partial charge is 0.220 e. The third-order valence-electron chi connectivity index (χ3n) is 3.63. The summed E-state index contributed by atoms with van der Waals surface area (Å²) in [5.74, 6) is -0.359. The van der Waals surface area contributed by atoms with Gasteiger partial charge in [-0.25, -0.2) is 4.39 Å². The third kappa shape index (κ3) is 4.70. The van der Waals surface area contributed by atoms with Crippen molar-refractivity contribution >= 4 is 17.5 Å². The summed E-state index contributed by atoms with van der Waals surface area (Å²) in [6.45, 7) is 1.81. The van der Waals surface area contributed by atoms with Crippen LogP contribution in [0.1, 0.15) is 30.5 Å². The van der Waals surface area contributed by atoms with Gasteiger partial charge in [0.1, 0.15) is 0 Å². The van der Waals surface area contributed by atoms with Crippen LogP contribution in [0.4, 0.5) is 4.39 Å². The number of nitrogens with one attached hydrogen (secondary N) is 1. The maximum absolute atomic E-state index is 13.7. The van der Waals surface area contributed by atoms with Gasteiger partial charge in [0.2, 0.25) is 5.91 Å². The van der Waals surface area contributed by atoms with Crippen LogP contribution in [0.2, 0.25) is 5.02 Å². The molecule has 1 N–H and O–H groups in total. The van der Waals surface area contributed by atoms with E-state index in [-0.39, 0.29) is 17.7 Å². The Hall–Kier alpha value is -2.07. The Bertz CT molecular complexity index is 690. The summed E-state index contributed by atoms with van der Waals surface area (Å²) < 4.78 is 18.6. The minimum atomic E-state index is -0.442. The molecule has 0 saturated carbocycles. The number of ether oxygens (including phenoxy) is 1. The molecule has 2 aromatic rings. The van der Waals surface area contributed by atoms with Gasteiger partial charge in [0.05, 0.1) is 13.2 Å². The van der Waals surface area contributed by atoms with E-state index >= 15 is 0 Å². The van der Waals surface area contributed by atoms with E-state index in [0.29, 0.717) is 23.4 Å². The van der Waals surface area contributed by atoms with Gasteiger partial charge in [0.15, 0.2) is 11.6 Å². The molecule has 0 heterocycles. The first kappa shape index (κ1) is 17.3. The lowest BCUT2D eigenvalue weighted by molar-refractivity contribution is -0.121. The van der Waals surface area contributed by atoms with Crippen LogP contribution in [-0.4, -0.2) is 13.0 Å². The summed E-state index contributed by atoms with van der Waals surface area (Å²) in [5, 5.41) is 3.52. The SMILES string of the molecule is COc1ccc(C(C)NC(=O)CCc2ccccc2Cl)cc1F. The predicted octanol–water partition coefficient (Wildman–Crippen LogP) is 4.30. The number of halogens is 2. The summed E-state index contributed by atoms with van der Waals surface area (Å²) in [4.78, 5) is 12.0. The topological polar surface area (TPSA) is 38.3 Å². The molecule has 0 saturated heterocycles. The molecule has 0 aliphatic carbocycles. The average Bonchev–Trinajstić information content (AvgIpc) is 2.54. The van der Waals surface area contributed by atoms with Crippen LogP contribution < -0.4 is 10.1 Å². The van der Waals surface area contributed by atoms with Gasteiger partial charge in [0, 0.05) is 11.4 Å². The highest BCUT2D eigenvalue weighted by Gasteiger charge is 2.12. The fourth-order valence-corrected chi connectivity index (χ4v) is 2.53. The number of rotatable bonds is 6. The Morgan fingerprint density at radius 2 is 2.04 bits per heavy atom. The van der Waals surface area contributed by atoms with Crippen LogP contribution in [0, 0.1) is 5.82 Å². The monoisotopic (exact) mass is 335 g/mol. The van der Waals surface area contributed by atoms with Gasteiger partial charge >= 0.3 is 0 Å². The van der Waals surface area contributed by atoms with E-state index in [1.807, 2.05) is 25.1 Å². The summed E-state index contributed by atoms with van der Waals surface area (Å²) in [7, 11) is 1.41. The van der Waals surface area contributed by atoms with E-state index in [2.05, 4.69) is 5.32 Å². The lowest BCUT2D eigenvalue weighted by atomic mass is 10.1. The first-order valence-electron chi connectivity index (χ1n) is 7.37. The molecular formula is C18H19ClFNO2. The zero-order valence-electron chi connectivity index (χ0n) is 13.1. The van der Waals surface area contributed by atoms with E-state index in [4.69, 9.17) is 16.3 Å². The Morgan fingerprint density at radius 3 is 2.70 bits per heavy atom. The lowest BCUT2D eigenvalue weighted by Crippen LogP contribution is -2.26. The molecule has 0 radical (unpaired) electrons. The quantitative estimate of drug-likeness (QED) is 0.854. The molecule has 2 rings (SSSR count). The van der Waals surface area contributed by atoms with Crippen LogP contribution in [0.5, 0.6) is 5.75 Å². The minimum Gasteiger partial charge on any atom is -0.494 e. The molecule has 0 fully saturated rings. The zero-order chi connectivity index (χ0) is 16.8. The number of benzene rings is 2. The van der Waals surface area contributed by atoms with Crippen molar-refractivity contribution in [1.82, 2.24) is 5.32 Å². The maximum atomic E-state index is 13.7. The average molecular weight is 336 g/mol. The van der Waals surface area contributed by atoms with E-state index < -0.39 is 5.82 Å². The Morgan fingerprint density at radius 1 is 1.30 bits per heavy atom. The number of carbonyl (C=O) groups excluding carboxylic acids is 1. The van der Waals surface area contributed by atoms with Crippen molar-refractivity contribution in [3.63, 3.8) is 0 Å². The highest BCUT2D eigenvalue weighted by molar-refractivity contribution is 6.31. The molecule has 23 heavy (non-hydrogen) atoms. The Balaban J connectivity index is 1.92. The fraction of sp³-hybridized carbons (Fsp3) is 0.278. The number of amides is 1. The second-order valence-electron chi connectivity index (χ2n) is 5.27. The summed E-state index contributed by atoms with van der Waals surface area (Å²) >= 11 is 6.07. The highest BCUT2D eigenvalue weighted by Crippen LogP contribution is 2.22. The normalized spacial score (nSPS) is 11.8. The summed E-state index contributed by atoms with van der Waals surface area (Å²) in [6, 6.07) is 11.8. The minimum absolute atomic E-state index is 0.103. The maximum Gasteiger partial charge on any atom is 0.220 e. The predicted molar refractivity (Wildman–Crippen MR) is 89.3 cm³/mol. The standard InChI is InChI=1S/C18H19ClFNO2/c1-12(14-7-9-17(23-2)16(20)11-14)21-18(22)10-8-13-5-3-4-6-15(13)19/h3-7,9,11-12H,8,10H2,1-2H3,(H,21,22). The van der Waals surface area contributed by atoms with Gasteiger partial charge in [-0.3, -0.25) is 4.79 Å². The zero-order valence-corrected chi connectivity index (χ0v) is 13.9. The third-order valence-corrected chi connectivity index (χ3v) is 4.00. The van der Waals surface area contributed by atoms with E-state index in [0.717, 1.165) is 5.56 Å². The van der Waals surface area contributed by atoms with E-state index in [1.54, 1.807) is 18.2 Å². The number of methoxy groups -OCH3 is 1. The van der Waals surface area contributed by atoms with Crippen molar-refractivity contribution in [2.24, 2.45) is 0 Å². The van der Waals surface area contributed by atoms with Crippen molar-refractivity contribution in [2.45, 2.75) is 25.8 Å². The van der Waals surface area contributed by atoms with Gasteiger partial charge < -0.3 is 10.1 Å². The molecule has 3 nitrogen and oxygen atoms in total. The molecule has 1 amide bonds. The van der Waals surface area contributed by atoms with Crippen LogP contribution in [0.3, 0.4) is 0 Å². The first-order chi connectivity index (χ1) is 11.0. The number of hydrogen-bond donors (Lipinski definition) is 1. The van der Waals surface area contributed by atoms with Gasteiger partial charge in [-0.1, -0.05) is 35.9 Å². The molecule has 1 atom stereocenters. The van der Waals surface area contributed by atoms with Gasteiger partial charge in [-0.05, 0) is 42.7 Å². The molecule has 0 spiro atoms. The summed E-state index contributed by atoms with van der Waals surface area (Å²) in [6.07, 6.45) is 0.891. The Kier molecular flexibility index (Phi) is 5.99. The van der Waals surface area contributed by atoms with E-state index in [1.165, 1.54) is 13.2 Å². The van der Waals surface area contributed by atoms with Gasteiger partial charge in [0.25, 0.3) is 0 Å². The van der Waals surface area contributed by atoms with Gasteiger partial charge in [-0.15, -0.1) is 0 Å². The first-order valence-corrected chi connectivity index (χ1v) is 7.75. The number of carbonyl (C=O) groups is 1. The number of hydrogen-bond acceptors (Lipinski definition) is 2. The van der Waals surface area contributed by atoms with E-state index in [9.17, 15) is 9.18 Å². The second-order valence-corrected chi connectivity index (χ2v) is 5.68. The molecule has 2 aromatic carbocycles. The lowest BCUT2D eigenvalue weighted by Gasteiger charge is -2.15. The van der Waals surface area contributed by atoms with Crippen molar-refractivity contribution in [1.29, 1.82) is 0 Å². The highest BCUT2D eigenvalue weighted by atomic mass is 35.5. The van der Waals surface area contributed by atoms with Crippen LogP contribution >= 0.6 is 11.6 Å². The van der Waals surface area contributed by atoms with Crippen LogP contribution in [0.25, 0.3) is 0 Å². The van der Waals surface area contributed by atoms with Gasteiger partial charge in [-0.2, -0.15) is 0 Å². The molecule has 0 aliphatic rings. The molecule has 1 unspecified atom stereocenters.